The van der Waals surface area contributed by atoms with E-state index in [1.807, 2.05) is 0 Å². The van der Waals surface area contributed by atoms with Gasteiger partial charge in [-0.15, -0.1) is 0 Å². The van der Waals surface area contributed by atoms with Crippen LogP contribution in [0.15, 0.2) is 36.4 Å². The molecule has 0 aliphatic heterocycles. The van der Waals surface area contributed by atoms with Crippen molar-refractivity contribution in [3.63, 3.8) is 0 Å². The molecule has 0 fully saturated rings. The van der Waals surface area contributed by atoms with E-state index in [0.717, 1.165) is 6.42 Å². The number of benzene rings is 1. The van der Waals surface area contributed by atoms with Crippen LogP contribution in [0.25, 0.3) is 0 Å². The maximum atomic E-state index is 12.6. The Hall–Kier alpha value is -3.09. The third-order valence-corrected chi connectivity index (χ3v) is 3.88. The first-order chi connectivity index (χ1) is 12.9. The minimum atomic E-state index is -0.446. The molecule has 7 heteroatoms. The van der Waals surface area contributed by atoms with Crippen LogP contribution in [-0.2, 0) is 0 Å². The Morgan fingerprint density at radius 2 is 1.74 bits per heavy atom. The molecule has 2 amide bonds. The molecule has 1 heterocycles. The molecule has 0 atom stereocenters. The van der Waals surface area contributed by atoms with Crippen molar-refractivity contribution in [3.05, 3.63) is 47.8 Å². The molecule has 0 radical (unpaired) electrons. The van der Waals surface area contributed by atoms with Crippen molar-refractivity contribution < 1.29 is 19.1 Å². The van der Waals surface area contributed by atoms with E-state index >= 15 is 0 Å². The average molecular weight is 371 g/mol. The van der Waals surface area contributed by atoms with Gasteiger partial charge in [-0.25, -0.2) is 4.98 Å². The van der Waals surface area contributed by atoms with Gasteiger partial charge >= 0.3 is 0 Å². The first-order valence-corrected chi connectivity index (χ1v) is 8.73. The Balaban J connectivity index is 2.12. The Kier molecular flexibility index (Phi) is 7.16. The zero-order chi connectivity index (χ0) is 19.8. The lowest BCUT2D eigenvalue weighted by atomic mass is 10.1. The lowest BCUT2D eigenvalue weighted by molar-refractivity contribution is 0.0947. The van der Waals surface area contributed by atoms with E-state index in [1.54, 1.807) is 36.4 Å². The van der Waals surface area contributed by atoms with E-state index in [9.17, 15) is 9.59 Å². The molecule has 2 rings (SSSR count). The summed E-state index contributed by atoms with van der Waals surface area (Å²) in [5.74, 6) is 0.819. The molecule has 0 aliphatic carbocycles. The zero-order valence-corrected chi connectivity index (χ0v) is 16.0. The SMILES string of the molecule is COc1ccc(OC)c(NC(=O)c2cccc(C(=O)NCCC(C)C)n2)c1. The van der Waals surface area contributed by atoms with Gasteiger partial charge in [-0.3, -0.25) is 9.59 Å². The molecule has 2 aromatic rings. The molecule has 1 aromatic heterocycles. The summed E-state index contributed by atoms with van der Waals surface area (Å²) in [6.45, 7) is 4.74. The lowest BCUT2D eigenvalue weighted by Gasteiger charge is -2.12. The van der Waals surface area contributed by atoms with Crippen molar-refractivity contribution in [2.45, 2.75) is 20.3 Å². The number of pyridine rings is 1. The van der Waals surface area contributed by atoms with Crippen LogP contribution in [0.5, 0.6) is 11.5 Å². The number of anilines is 1. The molecule has 0 spiro atoms. The van der Waals surface area contributed by atoms with Gasteiger partial charge in [0.1, 0.15) is 22.9 Å². The third kappa shape index (κ3) is 5.70. The summed E-state index contributed by atoms with van der Waals surface area (Å²) in [6.07, 6.45) is 0.877. The number of carbonyl (C=O) groups excluding carboxylic acids is 2. The van der Waals surface area contributed by atoms with Crippen LogP contribution in [0.4, 0.5) is 5.69 Å². The summed E-state index contributed by atoms with van der Waals surface area (Å²) in [5.41, 5.74) is 0.788. The number of nitrogens with zero attached hydrogens (tertiary/aromatic N) is 1. The van der Waals surface area contributed by atoms with Crippen LogP contribution < -0.4 is 20.1 Å². The Bertz CT molecular complexity index is 806. The van der Waals surface area contributed by atoms with Crippen LogP contribution in [0.2, 0.25) is 0 Å². The van der Waals surface area contributed by atoms with Gasteiger partial charge in [0.2, 0.25) is 0 Å². The molecular formula is C20H25N3O4. The molecule has 0 bridgehead atoms. The summed E-state index contributed by atoms with van der Waals surface area (Å²) in [6, 6.07) is 9.83. The van der Waals surface area contributed by atoms with Crippen LogP contribution >= 0.6 is 0 Å². The van der Waals surface area contributed by atoms with E-state index in [0.29, 0.717) is 29.6 Å². The van der Waals surface area contributed by atoms with E-state index in [4.69, 9.17) is 9.47 Å². The standard InChI is InChI=1S/C20H25N3O4/c1-13(2)10-11-21-19(24)15-6-5-7-16(22-15)20(25)23-17-12-14(26-3)8-9-18(17)27-4/h5-9,12-13H,10-11H2,1-4H3,(H,21,24)(H,23,25). The van der Waals surface area contributed by atoms with Crippen molar-refractivity contribution in [2.75, 3.05) is 26.1 Å². The molecule has 27 heavy (non-hydrogen) atoms. The van der Waals surface area contributed by atoms with Gasteiger partial charge in [-0.2, -0.15) is 0 Å². The molecular weight excluding hydrogens is 346 g/mol. The van der Waals surface area contributed by atoms with E-state index in [-0.39, 0.29) is 17.3 Å². The third-order valence-electron chi connectivity index (χ3n) is 3.88. The number of ether oxygens (including phenoxy) is 2. The number of nitrogens with one attached hydrogen (secondary N) is 2. The number of hydrogen-bond acceptors (Lipinski definition) is 5. The van der Waals surface area contributed by atoms with Crippen LogP contribution in [0.1, 0.15) is 41.2 Å². The number of rotatable bonds is 8. The molecule has 0 saturated carbocycles. The predicted octanol–water partition coefficient (Wildman–Crippen LogP) is 3.13. The smallest absolute Gasteiger partial charge is 0.274 e. The molecule has 0 saturated heterocycles. The van der Waals surface area contributed by atoms with E-state index < -0.39 is 5.91 Å². The molecule has 7 nitrogen and oxygen atoms in total. The quantitative estimate of drug-likeness (QED) is 0.744. The fourth-order valence-electron chi connectivity index (χ4n) is 2.35. The van der Waals surface area contributed by atoms with Crippen LogP contribution in [0, 0.1) is 5.92 Å². The molecule has 0 unspecified atom stereocenters. The predicted molar refractivity (Wildman–Crippen MR) is 104 cm³/mol. The molecule has 2 N–H and O–H groups in total. The fraction of sp³-hybridized carbons (Fsp3) is 0.350. The minimum Gasteiger partial charge on any atom is -0.497 e. The largest absolute Gasteiger partial charge is 0.497 e. The highest BCUT2D eigenvalue weighted by atomic mass is 16.5. The fourth-order valence-corrected chi connectivity index (χ4v) is 2.35. The monoisotopic (exact) mass is 371 g/mol. The second-order valence-electron chi connectivity index (χ2n) is 6.37. The van der Waals surface area contributed by atoms with Crippen LogP contribution in [0.3, 0.4) is 0 Å². The molecule has 144 valence electrons. The van der Waals surface area contributed by atoms with Gasteiger partial charge < -0.3 is 20.1 Å². The first kappa shape index (κ1) is 20.2. The van der Waals surface area contributed by atoms with Crippen molar-refractivity contribution in [1.29, 1.82) is 0 Å². The highest BCUT2D eigenvalue weighted by molar-refractivity contribution is 6.04. The zero-order valence-electron chi connectivity index (χ0n) is 16.0. The minimum absolute atomic E-state index is 0.136. The van der Waals surface area contributed by atoms with Gasteiger partial charge in [0.25, 0.3) is 11.8 Å². The van der Waals surface area contributed by atoms with Crippen molar-refractivity contribution in [2.24, 2.45) is 5.92 Å². The van der Waals surface area contributed by atoms with E-state index in [2.05, 4.69) is 29.5 Å². The molecule has 1 aromatic carbocycles. The van der Waals surface area contributed by atoms with Crippen molar-refractivity contribution in [3.8, 4) is 11.5 Å². The number of aromatic nitrogens is 1. The number of carbonyl (C=O) groups is 2. The van der Waals surface area contributed by atoms with E-state index in [1.165, 1.54) is 14.2 Å². The maximum Gasteiger partial charge on any atom is 0.274 e. The molecule has 0 aliphatic rings. The summed E-state index contributed by atoms with van der Waals surface area (Å²) in [4.78, 5) is 28.9. The van der Waals surface area contributed by atoms with Gasteiger partial charge in [-0.05, 0) is 36.6 Å². The first-order valence-electron chi connectivity index (χ1n) is 8.73. The normalized spacial score (nSPS) is 10.4. The lowest BCUT2D eigenvalue weighted by Crippen LogP contribution is -2.27. The van der Waals surface area contributed by atoms with Gasteiger partial charge in [0.15, 0.2) is 0 Å². The van der Waals surface area contributed by atoms with Crippen molar-refractivity contribution in [1.82, 2.24) is 10.3 Å². The number of amides is 2. The summed E-state index contributed by atoms with van der Waals surface area (Å²) < 4.78 is 10.4. The topological polar surface area (TPSA) is 89.5 Å². The summed E-state index contributed by atoms with van der Waals surface area (Å²) >= 11 is 0. The van der Waals surface area contributed by atoms with Crippen molar-refractivity contribution >= 4 is 17.5 Å². The number of hydrogen-bond donors (Lipinski definition) is 2. The maximum absolute atomic E-state index is 12.6. The van der Waals surface area contributed by atoms with Gasteiger partial charge in [0.05, 0.1) is 19.9 Å². The average Bonchev–Trinajstić information content (AvgIpc) is 2.67. The van der Waals surface area contributed by atoms with Gasteiger partial charge in [-0.1, -0.05) is 19.9 Å². The highest BCUT2D eigenvalue weighted by Gasteiger charge is 2.15. The summed E-state index contributed by atoms with van der Waals surface area (Å²) in [7, 11) is 3.05. The second kappa shape index (κ2) is 9.56. The van der Waals surface area contributed by atoms with Gasteiger partial charge in [0, 0.05) is 12.6 Å². The van der Waals surface area contributed by atoms with Crippen LogP contribution in [-0.4, -0.2) is 37.6 Å². The Morgan fingerprint density at radius 1 is 1.04 bits per heavy atom. The highest BCUT2D eigenvalue weighted by Crippen LogP contribution is 2.29. The Labute approximate surface area is 159 Å². The Morgan fingerprint density at radius 3 is 2.37 bits per heavy atom. The second-order valence-corrected chi connectivity index (χ2v) is 6.37. The summed E-state index contributed by atoms with van der Waals surface area (Å²) in [5, 5.41) is 5.55. The number of methoxy groups -OCH3 is 2.